The molecule has 0 radical (unpaired) electrons. The van der Waals surface area contributed by atoms with Crippen molar-refractivity contribution < 1.29 is 34.8 Å². The lowest BCUT2D eigenvalue weighted by Gasteiger charge is -2.46. The zero-order chi connectivity index (χ0) is 15.4. The van der Waals surface area contributed by atoms with E-state index in [-0.39, 0.29) is 4.48 Å². The molecule has 0 fully saturated rings. The Balaban J connectivity index is 5.47. The van der Waals surface area contributed by atoms with Crippen LogP contribution < -0.4 is 5.73 Å². The summed E-state index contributed by atoms with van der Waals surface area (Å²) >= 11 is 0. The van der Waals surface area contributed by atoms with Crippen LogP contribution in [0, 0.1) is 0 Å². The van der Waals surface area contributed by atoms with E-state index in [1.165, 1.54) is 14.1 Å². The second kappa shape index (κ2) is 6.60. The summed E-state index contributed by atoms with van der Waals surface area (Å²) in [5.74, 6) is -1.22. The minimum absolute atomic E-state index is 0.304. The molecule has 0 aliphatic rings. The van der Waals surface area contributed by atoms with Crippen molar-refractivity contribution >= 4 is 5.91 Å². The van der Waals surface area contributed by atoms with Gasteiger partial charge in [0.25, 0.3) is 0 Å². The van der Waals surface area contributed by atoms with E-state index < -0.39 is 36.6 Å². The van der Waals surface area contributed by atoms with Crippen LogP contribution in [-0.4, -0.2) is 87.2 Å². The molecular weight excluding hydrogens is 256 g/mol. The highest BCUT2D eigenvalue weighted by atomic mass is 16.4. The number of amides is 1. The van der Waals surface area contributed by atoms with Crippen molar-refractivity contribution in [3.8, 4) is 0 Å². The Morgan fingerprint density at radius 3 is 2.11 bits per heavy atom. The van der Waals surface area contributed by atoms with Gasteiger partial charge in [0, 0.05) is 0 Å². The second-order valence-corrected chi connectivity index (χ2v) is 5.18. The van der Waals surface area contributed by atoms with Gasteiger partial charge < -0.3 is 31.3 Å². The fourth-order valence-electron chi connectivity index (χ4n) is 2.09. The molecule has 0 rings (SSSR count). The van der Waals surface area contributed by atoms with Crippen molar-refractivity contribution in [2.24, 2.45) is 5.73 Å². The van der Waals surface area contributed by atoms with Crippen molar-refractivity contribution in [3.63, 3.8) is 0 Å². The summed E-state index contributed by atoms with van der Waals surface area (Å²) in [6.07, 6.45) is -5.04. The van der Waals surface area contributed by atoms with Gasteiger partial charge in [0.15, 0.2) is 6.10 Å². The zero-order valence-electron chi connectivity index (χ0n) is 11.5. The predicted molar refractivity (Wildman–Crippen MR) is 66.5 cm³/mol. The van der Waals surface area contributed by atoms with Crippen LogP contribution in [0.1, 0.15) is 13.3 Å². The van der Waals surface area contributed by atoms with E-state index in [1.54, 1.807) is 0 Å². The molecule has 0 aromatic rings. The molecule has 4 atom stereocenters. The minimum atomic E-state index is -2.48. The van der Waals surface area contributed by atoms with Crippen LogP contribution >= 0.6 is 0 Å². The summed E-state index contributed by atoms with van der Waals surface area (Å²) in [4.78, 5) is 11.5. The maximum atomic E-state index is 11.5. The maximum Gasteiger partial charge on any atom is 0.311 e. The Morgan fingerprint density at radius 2 is 1.79 bits per heavy atom. The first-order chi connectivity index (χ1) is 8.56. The SMILES string of the molecule is CCC[N+](C)(C)[C@](O)(C(N)=O)[C@@H](O)[C@H](O)[C@H](O)CO. The molecule has 0 unspecified atom stereocenters. The van der Waals surface area contributed by atoms with Crippen molar-refractivity contribution in [3.05, 3.63) is 0 Å². The van der Waals surface area contributed by atoms with Crippen molar-refractivity contribution in [1.82, 2.24) is 0 Å². The number of primary amides is 1. The van der Waals surface area contributed by atoms with Crippen LogP contribution in [0.3, 0.4) is 0 Å². The molecule has 19 heavy (non-hydrogen) atoms. The summed E-state index contributed by atoms with van der Waals surface area (Å²) in [6.45, 7) is 1.29. The number of hydrogen-bond acceptors (Lipinski definition) is 6. The Kier molecular flexibility index (Phi) is 6.33. The van der Waals surface area contributed by atoms with Gasteiger partial charge in [-0.1, -0.05) is 6.92 Å². The number of nitrogens with zero attached hydrogens (tertiary/aromatic N) is 1. The van der Waals surface area contributed by atoms with Crippen LogP contribution in [0.25, 0.3) is 0 Å². The summed E-state index contributed by atoms with van der Waals surface area (Å²) in [5.41, 5.74) is 2.67. The van der Waals surface area contributed by atoms with E-state index in [1.807, 2.05) is 6.92 Å². The maximum absolute atomic E-state index is 11.5. The van der Waals surface area contributed by atoms with Gasteiger partial charge >= 0.3 is 11.6 Å². The molecule has 0 saturated carbocycles. The van der Waals surface area contributed by atoms with Gasteiger partial charge in [0.05, 0.1) is 27.2 Å². The molecule has 0 aliphatic carbocycles. The van der Waals surface area contributed by atoms with Gasteiger partial charge in [0.1, 0.15) is 12.2 Å². The molecule has 114 valence electrons. The standard InChI is InChI=1S/C11H24N2O6/c1-4-5-13(2,3)11(19,10(12)18)9(17)8(16)7(15)6-14/h7-9,14-17,19H,4-6H2,1-3H3,(H-,12,18)/p+1/t7-,8-,9+,11-/m1/s1. The van der Waals surface area contributed by atoms with Gasteiger partial charge in [0.2, 0.25) is 0 Å². The highest BCUT2D eigenvalue weighted by Crippen LogP contribution is 2.25. The monoisotopic (exact) mass is 281 g/mol. The summed E-state index contributed by atoms with van der Waals surface area (Å²) in [7, 11) is 2.94. The van der Waals surface area contributed by atoms with Gasteiger partial charge in [-0.3, -0.25) is 9.28 Å². The molecule has 0 bridgehead atoms. The third-order valence-electron chi connectivity index (χ3n) is 3.39. The van der Waals surface area contributed by atoms with E-state index in [0.717, 1.165) is 0 Å². The average molecular weight is 281 g/mol. The topological polar surface area (TPSA) is 144 Å². The second-order valence-electron chi connectivity index (χ2n) is 5.18. The van der Waals surface area contributed by atoms with E-state index in [0.29, 0.717) is 13.0 Å². The largest absolute Gasteiger partial charge is 0.394 e. The van der Waals surface area contributed by atoms with Crippen LogP contribution in [0.2, 0.25) is 0 Å². The molecule has 0 aromatic heterocycles. The van der Waals surface area contributed by atoms with Gasteiger partial charge in [-0.25, -0.2) is 0 Å². The summed E-state index contributed by atoms with van der Waals surface area (Å²) < 4.78 is -0.380. The minimum Gasteiger partial charge on any atom is -0.394 e. The van der Waals surface area contributed by atoms with Crippen molar-refractivity contribution in [2.45, 2.75) is 37.4 Å². The van der Waals surface area contributed by atoms with Crippen LogP contribution in [0.15, 0.2) is 0 Å². The van der Waals surface area contributed by atoms with Gasteiger partial charge in [-0.2, -0.15) is 0 Å². The third-order valence-corrected chi connectivity index (χ3v) is 3.39. The first-order valence-electron chi connectivity index (χ1n) is 6.06. The van der Waals surface area contributed by atoms with E-state index >= 15 is 0 Å². The quantitative estimate of drug-likeness (QED) is 0.203. The molecule has 0 heterocycles. The van der Waals surface area contributed by atoms with Crippen molar-refractivity contribution in [2.75, 3.05) is 27.2 Å². The molecule has 1 amide bonds. The number of hydrogen-bond donors (Lipinski definition) is 6. The first kappa shape index (κ1) is 18.2. The van der Waals surface area contributed by atoms with Gasteiger partial charge in [-0.05, 0) is 6.42 Å². The Hall–Kier alpha value is -0.770. The predicted octanol–water partition coefficient (Wildman–Crippen LogP) is -3.28. The number of aliphatic hydroxyl groups excluding tert-OH is 4. The number of likely N-dealkylation sites (N-methyl/N-ethyl adjacent to an activating group) is 1. The zero-order valence-corrected chi connectivity index (χ0v) is 11.5. The first-order valence-corrected chi connectivity index (χ1v) is 6.06. The fourth-order valence-corrected chi connectivity index (χ4v) is 2.09. The lowest BCUT2D eigenvalue weighted by Crippen LogP contribution is -2.74. The molecule has 0 aromatic carbocycles. The third kappa shape index (κ3) is 3.41. The fraction of sp³-hybridized carbons (Fsp3) is 0.909. The van der Waals surface area contributed by atoms with E-state index in [9.17, 15) is 25.2 Å². The lowest BCUT2D eigenvalue weighted by molar-refractivity contribution is -0.960. The number of carbonyl (C=O) groups excluding carboxylic acids is 1. The summed E-state index contributed by atoms with van der Waals surface area (Å²) in [5, 5.41) is 48.1. The van der Waals surface area contributed by atoms with E-state index in [2.05, 4.69) is 0 Å². The number of quaternary nitrogens is 1. The number of aliphatic hydroxyl groups is 5. The van der Waals surface area contributed by atoms with Crippen molar-refractivity contribution in [1.29, 1.82) is 0 Å². The number of rotatable bonds is 8. The number of nitrogens with two attached hydrogens (primary N) is 1. The molecule has 0 saturated heterocycles. The Labute approximate surface area is 112 Å². The number of carbonyl (C=O) groups is 1. The Morgan fingerprint density at radius 1 is 1.32 bits per heavy atom. The normalized spacial score (nSPS) is 20.4. The lowest BCUT2D eigenvalue weighted by atomic mass is 9.93. The molecule has 8 nitrogen and oxygen atoms in total. The van der Waals surface area contributed by atoms with Crippen LogP contribution in [0.4, 0.5) is 0 Å². The molecule has 0 spiro atoms. The molecule has 7 N–H and O–H groups in total. The van der Waals surface area contributed by atoms with Crippen LogP contribution in [0.5, 0.6) is 0 Å². The Bertz CT molecular complexity index is 312. The highest BCUT2D eigenvalue weighted by Gasteiger charge is 2.58. The molecule has 8 heteroatoms. The molecular formula is C11H25N2O6+. The molecule has 0 aliphatic heterocycles. The van der Waals surface area contributed by atoms with Crippen LogP contribution in [-0.2, 0) is 4.79 Å². The highest BCUT2D eigenvalue weighted by molar-refractivity contribution is 5.82. The van der Waals surface area contributed by atoms with E-state index in [4.69, 9.17) is 10.8 Å². The average Bonchev–Trinajstić information content (AvgIpc) is 2.34. The summed E-state index contributed by atoms with van der Waals surface area (Å²) in [6, 6.07) is 0. The smallest absolute Gasteiger partial charge is 0.311 e. The van der Waals surface area contributed by atoms with Gasteiger partial charge in [-0.15, -0.1) is 0 Å².